The predicted octanol–water partition coefficient (Wildman–Crippen LogP) is 4.41. The highest BCUT2D eigenvalue weighted by molar-refractivity contribution is 6.42. The number of ketones is 1. The van der Waals surface area contributed by atoms with Crippen LogP contribution >= 0.6 is 23.2 Å². The van der Waals surface area contributed by atoms with Gasteiger partial charge >= 0.3 is 0 Å². The SMILES string of the molecule is COc1cc(C(=O)NN=Cc2ccc(Cl)c(C(=O)c3ccccc3)c2Cl)cc(O)c1O. The van der Waals surface area contributed by atoms with Crippen molar-refractivity contribution in [1.82, 2.24) is 5.43 Å². The van der Waals surface area contributed by atoms with E-state index >= 15 is 0 Å². The third kappa shape index (κ3) is 4.79. The van der Waals surface area contributed by atoms with Crippen LogP contribution in [0.4, 0.5) is 0 Å². The van der Waals surface area contributed by atoms with Crippen LogP contribution in [0.1, 0.15) is 31.8 Å². The summed E-state index contributed by atoms with van der Waals surface area (Å²) in [4.78, 5) is 25.1. The molecule has 7 nitrogen and oxygen atoms in total. The lowest BCUT2D eigenvalue weighted by Crippen LogP contribution is -2.17. The maximum absolute atomic E-state index is 12.8. The van der Waals surface area contributed by atoms with E-state index in [0.717, 1.165) is 6.07 Å². The van der Waals surface area contributed by atoms with Crippen molar-refractivity contribution in [2.75, 3.05) is 7.11 Å². The third-order valence-electron chi connectivity index (χ3n) is 4.29. The molecule has 0 aliphatic carbocycles. The number of carbonyl (C=O) groups is 2. The summed E-state index contributed by atoms with van der Waals surface area (Å²) in [6.07, 6.45) is 1.26. The van der Waals surface area contributed by atoms with Crippen LogP contribution in [0.3, 0.4) is 0 Å². The third-order valence-corrected chi connectivity index (χ3v) is 5.01. The number of amides is 1. The van der Waals surface area contributed by atoms with Crippen LogP contribution in [0, 0.1) is 0 Å². The Labute approximate surface area is 187 Å². The first kappa shape index (κ1) is 22.1. The van der Waals surface area contributed by atoms with Crippen molar-refractivity contribution in [1.29, 1.82) is 0 Å². The second-order valence-corrected chi connectivity index (χ2v) is 7.05. The van der Waals surface area contributed by atoms with E-state index in [1.54, 1.807) is 36.4 Å². The summed E-state index contributed by atoms with van der Waals surface area (Å²) >= 11 is 12.6. The summed E-state index contributed by atoms with van der Waals surface area (Å²) in [6, 6.07) is 13.9. The fourth-order valence-corrected chi connectivity index (χ4v) is 3.31. The molecule has 0 aliphatic heterocycles. The van der Waals surface area contributed by atoms with Crippen molar-refractivity contribution in [2.24, 2.45) is 5.10 Å². The highest BCUT2D eigenvalue weighted by atomic mass is 35.5. The van der Waals surface area contributed by atoms with Gasteiger partial charge in [-0.2, -0.15) is 5.10 Å². The number of carbonyl (C=O) groups excluding carboxylic acids is 2. The topological polar surface area (TPSA) is 108 Å². The quantitative estimate of drug-likeness (QED) is 0.219. The number of nitrogens with zero attached hydrogens (tertiary/aromatic N) is 1. The van der Waals surface area contributed by atoms with Gasteiger partial charge in [0.25, 0.3) is 5.91 Å². The lowest BCUT2D eigenvalue weighted by molar-refractivity contribution is 0.0953. The Morgan fingerprint density at radius 1 is 1.03 bits per heavy atom. The number of rotatable bonds is 6. The zero-order chi connectivity index (χ0) is 22.5. The van der Waals surface area contributed by atoms with Gasteiger partial charge in [-0.05, 0) is 18.2 Å². The Hall–Kier alpha value is -3.55. The minimum atomic E-state index is -0.671. The maximum Gasteiger partial charge on any atom is 0.271 e. The predicted molar refractivity (Wildman–Crippen MR) is 118 cm³/mol. The van der Waals surface area contributed by atoms with Crippen molar-refractivity contribution in [3.8, 4) is 17.2 Å². The van der Waals surface area contributed by atoms with Gasteiger partial charge in [0.15, 0.2) is 17.3 Å². The van der Waals surface area contributed by atoms with Gasteiger partial charge < -0.3 is 14.9 Å². The fourth-order valence-electron chi connectivity index (χ4n) is 2.72. The molecule has 0 unspecified atom stereocenters. The molecule has 0 aromatic heterocycles. The number of hydrogen-bond acceptors (Lipinski definition) is 6. The summed E-state index contributed by atoms with van der Waals surface area (Å²) in [6.45, 7) is 0. The molecule has 0 fully saturated rings. The van der Waals surface area contributed by atoms with Crippen molar-refractivity contribution >= 4 is 41.1 Å². The number of phenolic OH excluding ortho intramolecular Hbond substituents is 2. The van der Waals surface area contributed by atoms with E-state index in [2.05, 4.69) is 10.5 Å². The minimum absolute atomic E-state index is 0.00597. The molecule has 0 heterocycles. The maximum atomic E-state index is 12.8. The largest absolute Gasteiger partial charge is 0.504 e. The molecule has 158 valence electrons. The fraction of sp³-hybridized carbons (Fsp3) is 0.0455. The van der Waals surface area contributed by atoms with Crippen LogP contribution in [-0.4, -0.2) is 35.2 Å². The molecule has 0 saturated heterocycles. The second-order valence-electron chi connectivity index (χ2n) is 6.27. The first-order chi connectivity index (χ1) is 14.8. The smallest absolute Gasteiger partial charge is 0.271 e. The van der Waals surface area contributed by atoms with Crippen LogP contribution in [0.25, 0.3) is 0 Å². The molecule has 0 aliphatic rings. The number of phenols is 2. The number of aromatic hydroxyl groups is 2. The van der Waals surface area contributed by atoms with Crippen LogP contribution in [0.2, 0.25) is 10.0 Å². The molecule has 0 radical (unpaired) electrons. The van der Waals surface area contributed by atoms with Gasteiger partial charge in [0.05, 0.1) is 28.9 Å². The van der Waals surface area contributed by atoms with Gasteiger partial charge in [-0.1, -0.05) is 59.6 Å². The van der Waals surface area contributed by atoms with Crippen LogP contribution in [0.15, 0.2) is 59.7 Å². The standard InChI is InChI=1S/C22H16Cl2N2O5/c1-31-17-10-14(9-16(27)21(17)29)22(30)26-25-11-13-7-8-15(23)18(19(13)24)20(28)12-5-3-2-4-6-12/h2-11,27,29H,1H3,(H,26,30). The molecule has 3 aromatic rings. The Kier molecular flexibility index (Phi) is 6.79. The van der Waals surface area contributed by atoms with Crippen LogP contribution in [0.5, 0.6) is 17.2 Å². The number of hydrogen-bond donors (Lipinski definition) is 3. The Morgan fingerprint density at radius 2 is 1.74 bits per heavy atom. The summed E-state index contributed by atoms with van der Waals surface area (Å²) in [5.74, 6) is -2.08. The molecule has 0 bridgehead atoms. The number of nitrogens with one attached hydrogen (secondary N) is 1. The molecule has 3 aromatic carbocycles. The molecule has 31 heavy (non-hydrogen) atoms. The molecule has 0 saturated carbocycles. The molecule has 9 heteroatoms. The number of halogens is 2. The van der Waals surface area contributed by atoms with Gasteiger partial charge in [0, 0.05) is 16.7 Å². The van der Waals surface area contributed by atoms with E-state index in [-0.39, 0.29) is 32.7 Å². The number of benzene rings is 3. The van der Waals surface area contributed by atoms with E-state index in [9.17, 15) is 19.8 Å². The van der Waals surface area contributed by atoms with Crippen molar-refractivity contribution in [3.63, 3.8) is 0 Å². The van der Waals surface area contributed by atoms with E-state index in [1.165, 1.54) is 25.5 Å². The van der Waals surface area contributed by atoms with Gasteiger partial charge in [-0.3, -0.25) is 9.59 Å². The first-order valence-corrected chi connectivity index (χ1v) is 9.60. The second kappa shape index (κ2) is 9.51. The lowest BCUT2D eigenvalue weighted by atomic mass is 10.0. The number of hydrazone groups is 1. The summed E-state index contributed by atoms with van der Waals surface area (Å²) in [5.41, 5.74) is 3.19. The van der Waals surface area contributed by atoms with Crippen molar-refractivity contribution in [3.05, 3.63) is 86.9 Å². The molecular weight excluding hydrogens is 443 g/mol. The molecule has 3 rings (SSSR count). The van der Waals surface area contributed by atoms with E-state index < -0.39 is 17.4 Å². The zero-order valence-corrected chi connectivity index (χ0v) is 17.6. The Bertz CT molecular complexity index is 1180. The number of ether oxygens (including phenoxy) is 1. The highest BCUT2D eigenvalue weighted by Crippen LogP contribution is 2.36. The van der Waals surface area contributed by atoms with E-state index in [1.807, 2.05) is 0 Å². The van der Waals surface area contributed by atoms with Gasteiger partial charge in [-0.25, -0.2) is 5.43 Å². The van der Waals surface area contributed by atoms with E-state index in [0.29, 0.717) is 11.1 Å². The van der Waals surface area contributed by atoms with Gasteiger partial charge in [0.2, 0.25) is 5.75 Å². The van der Waals surface area contributed by atoms with Crippen molar-refractivity contribution in [2.45, 2.75) is 0 Å². The molecule has 0 atom stereocenters. The van der Waals surface area contributed by atoms with Crippen LogP contribution < -0.4 is 10.2 Å². The molecule has 3 N–H and O–H groups in total. The normalized spacial score (nSPS) is 10.8. The van der Waals surface area contributed by atoms with Crippen LogP contribution in [-0.2, 0) is 0 Å². The zero-order valence-electron chi connectivity index (χ0n) is 16.1. The van der Waals surface area contributed by atoms with Gasteiger partial charge in [0.1, 0.15) is 0 Å². The highest BCUT2D eigenvalue weighted by Gasteiger charge is 2.19. The molecule has 1 amide bonds. The average Bonchev–Trinajstić information content (AvgIpc) is 2.77. The molecular formula is C22H16Cl2N2O5. The monoisotopic (exact) mass is 458 g/mol. The first-order valence-electron chi connectivity index (χ1n) is 8.84. The lowest BCUT2D eigenvalue weighted by Gasteiger charge is -2.09. The average molecular weight is 459 g/mol. The Morgan fingerprint density at radius 3 is 2.42 bits per heavy atom. The minimum Gasteiger partial charge on any atom is -0.504 e. The Balaban J connectivity index is 1.83. The summed E-state index contributed by atoms with van der Waals surface area (Å²) in [5, 5.41) is 23.5. The summed E-state index contributed by atoms with van der Waals surface area (Å²) in [7, 11) is 1.28. The van der Waals surface area contributed by atoms with Gasteiger partial charge in [-0.15, -0.1) is 0 Å². The van der Waals surface area contributed by atoms with E-state index in [4.69, 9.17) is 27.9 Å². The number of methoxy groups -OCH3 is 1. The van der Waals surface area contributed by atoms with Crippen molar-refractivity contribution < 1.29 is 24.5 Å². The molecule has 0 spiro atoms. The summed E-state index contributed by atoms with van der Waals surface area (Å²) < 4.78 is 4.90.